The van der Waals surface area contributed by atoms with Crippen LogP contribution in [0.15, 0.2) is 17.1 Å². The number of nitrogens with zero attached hydrogens (tertiary/aromatic N) is 2. The first-order chi connectivity index (χ1) is 12.8. The number of aromatic carboxylic acids is 1. The van der Waals surface area contributed by atoms with Gasteiger partial charge in [0.1, 0.15) is 17.1 Å². The molecule has 2 aliphatic heterocycles. The van der Waals surface area contributed by atoms with Crippen LogP contribution < -0.4 is 16.1 Å². The highest BCUT2D eigenvalue weighted by atomic mass is 19.1. The van der Waals surface area contributed by atoms with E-state index in [1.807, 2.05) is 0 Å². The van der Waals surface area contributed by atoms with Gasteiger partial charge >= 0.3 is 5.97 Å². The van der Waals surface area contributed by atoms with E-state index in [1.54, 1.807) is 11.8 Å². The molecule has 3 N–H and O–H groups in total. The van der Waals surface area contributed by atoms with Crippen molar-refractivity contribution in [3.63, 3.8) is 0 Å². The zero-order chi connectivity index (χ0) is 19.5. The summed E-state index contributed by atoms with van der Waals surface area (Å²) in [6.07, 6.45) is 4.12. The molecule has 3 heterocycles. The molecule has 1 aromatic heterocycles. The van der Waals surface area contributed by atoms with Gasteiger partial charge in [-0.15, -0.1) is 0 Å². The van der Waals surface area contributed by atoms with Crippen LogP contribution in [0.25, 0.3) is 10.9 Å². The van der Waals surface area contributed by atoms with Gasteiger partial charge in [0.25, 0.3) is 0 Å². The van der Waals surface area contributed by atoms with Crippen LogP contribution in [0.4, 0.5) is 14.5 Å². The van der Waals surface area contributed by atoms with Gasteiger partial charge in [0.05, 0.1) is 10.9 Å². The number of hydrogen-bond donors (Lipinski definition) is 2. The van der Waals surface area contributed by atoms with Gasteiger partial charge in [-0.05, 0) is 38.7 Å². The Balaban J connectivity index is 1.98. The molecule has 2 aromatic rings. The van der Waals surface area contributed by atoms with E-state index in [2.05, 4.69) is 0 Å². The summed E-state index contributed by atoms with van der Waals surface area (Å²) in [6, 6.07) is 0.945. The van der Waals surface area contributed by atoms with Crippen molar-refractivity contribution < 1.29 is 18.7 Å². The van der Waals surface area contributed by atoms with Gasteiger partial charge in [0.15, 0.2) is 5.82 Å². The second-order valence-corrected chi connectivity index (χ2v) is 7.40. The van der Waals surface area contributed by atoms with Crippen LogP contribution >= 0.6 is 0 Å². The lowest BCUT2D eigenvalue weighted by molar-refractivity contribution is 0.0695. The van der Waals surface area contributed by atoms with Crippen LogP contribution in [0.1, 0.15) is 43.0 Å². The normalized spacial score (nSPS) is 24.6. The Hall–Kier alpha value is -2.48. The Morgan fingerprint density at radius 3 is 2.48 bits per heavy atom. The Bertz CT molecular complexity index is 990. The average Bonchev–Trinajstić information content (AvgIpc) is 2.86. The maximum atomic E-state index is 15.5. The third-order valence-corrected chi connectivity index (χ3v) is 5.83. The first-order valence-electron chi connectivity index (χ1n) is 9.15. The van der Waals surface area contributed by atoms with Crippen molar-refractivity contribution in [3.05, 3.63) is 39.7 Å². The summed E-state index contributed by atoms with van der Waals surface area (Å²) in [7, 11) is 0. The average molecular weight is 377 g/mol. The van der Waals surface area contributed by atoms with E-state index in [9.17, 15) is 19.1 Å². The summed E-state index contributed by atoms with van der Waals surface area (Å²) in [5, 5.41) is 8.97. The predicted molar refractivity (Wildman–Crippen MR) is 97.3 cm³/mol. The first kappa shape index (κ1) is 17.9. The van der Waals surface area contributed by atoms with E-state index < -0.39 is 28.6 Å². The number of carboxylic acid groups (broad SMARTS) is 1. The number of carboxylic acids is 1. The fraction of sp³-hybridized carbons (Fsp3) is 0.474. The van der Waals surface area contributed by atoms with Crippen LogP contribution in [-0.2, 0) is 6.54 Å². The van der Waals surface area contributed by atoms with Crippen molar-refractivity contribution in [3.8, 4) is 0 Å². The minimum atomic E-state index is -1.42. The largest absolute Gasteiger partial charge is 0.477 e. The van der Waals surface area contributed by atoms with Crippen molar-refractivity contribution in [2.45, 2.75) is 57.3 Å². The van der Waals surface area contributed by atoms with Gasteiger partial charge in [-0.1, -0.05) is 0 Å². The molecule has 1 aromatic carbocycles. The predicted octanol–water partition coefficient (Wildman–Crippen LogP) is 2.46. The van der Waals surface area contributed by atoms with Crippen molar-refractivity contribution in [2.24, 2.45) is 5.73 Å². The van der Waals surface area contributed by atoms with Gasteiger partial charge in [-0.3, -0.25) is 4.79 Å². The van der Waals surface area contributed by atoms with Crippen molar-refractivity contribution in [1.82, 2.24) is 4.57 Å². The molecule has 6 nitrogen and oxygen atoms in total. The number of hydrogen-bond acceptors (Lipinski definition) is 4. The number of aryl methyl sites for hydroxylation is 1. The van der Waals surface area contributed by atoms with E-state index in [4.69, 9.17) is 5.73 Å². The lowest BCUT2D eigenvalue weighted by Crippen LogP contribution is -2.48. The smallest absolute Gasteiger partial charge is 0.341 e. The number of anilines is 1. The molecule has 2 atom stereocenters. The quantitative estimate of drug-likeness (QED) is 0.858. The van der Waals surface area contributed by atoms with Crippen molar-refractivity contribution >= 4 is 22.6 Å². The number of nitrogens with two attached hydrogens (primary N) is 1. The molecule has 8 heteroatoms. The molecule has 0 radical (unpaired) electrons. The number of pyridine rings is 1. The van der Waals surface area contributed by atoms with Gasteiger partial charge in [-0.2, -0.15) is 0 Å². The molecule has 0 saturated carbocycles. The van der Waals surface area contributed by atoms with Crippen LogP contribution in [0.2, 0.25) is 0 Å². The number of carbonyl (C=O) groups is 1. The highest BCUT2D eigenvalue weighted by Crippen LogP contribution is 2.42. The third-order valence-electron chi connectivity index (χ3n) is 5.83. The summed E-state index contributed by atoms with van der Waals surface area (Å²) in [4.78, 5) is 25.6. The lowest BCUT2D eigenvalue weighted by atomic mass is 9.96. The number of fused-ring (bicyclic) bond motifs is 3. The standard InChI is InChI=1S/C19H21F2N3O3/c1-2-23-8-13(19(26)27)18(25)12-7-14(20)17(15(21)16(12)23)24-10-3-4-11(24)6-9(22)5-10/h7-11H,2-6,22H2,1H3,(H,26,27). The Labute approximate surface area is 154 Å². The molecule has 2 saturated heterocycles. The molecule has 4 rings (SSSR count). The molecule has 0 amide bonds. The fourth-order valence-electron chi connectivity index (χ4n) is 4.70. The molecule has 0 spiro atoms. The van der Waals surface area contributed by atoms with E-state index in [0.717, 1.165) is 25.1 Å². The fourth-order valence-corrected chi connectivity index (χ4v) is 4.70. The molecule has 2 bridgehead atoms. The van der Waals surface area contributed by atoms with Crippen LogP contribution in [0.5, 0.6) is 0 Å². The Kier molecular flexibility index (Phi) is 4.18. The number of aromatic nitrogens is 1. The van der Waals surface area contributed by atoms with E-state index in [0.29, 0.717) is 12.8 Å². The van der Waals surface area contributed by atoms with Crippen molar-refractivity contribution in [1.29, 1.82) is 0 Å². The topological polar surface area (TPSA) is 88.6 Å². The summed E-state index contributed by atoms with van der Waals surface area (Å²) >= 11 is 0. The second kappa shape index (κ2) is 6.30. The van der Waals surface area contributed by atoms with Gasteiger partial charge in [0.2, 0.25) is 5.43 Å². The van der Waals surface area contributed by atoms with E-state index in [1.165, 1.54) is 4.57 Å². The molecular weight excluding hydrogens is 356 g/mol. The lowest BCUT2D eigenvalue weighted by Gasteiger charge is -2.39. The molecule has 0 aliphatic carbocycles. The molecule has 27 heavy (non-hydrogen) atoms. The van der Waals surface area contributed by atoms with Gasteiger partial charge < -0.3 is 20.3 Å². The zero-order valence-electron chi connectivity index (χ0n) is 14.9. The Morgan fingerprint density at radius 2 is 1.93 bits per heavy atom. The SMILES string of the molecule is CCn1cc(C(=O)O)c(=O)c2cc(F)c(N3C4CCC3CC(N)C4)c(F)c21. The van der Waals surface area contributed by atoms with Crippen LogP contribution in [-0.4, -0.2) is 33.8 Å². The third kappa shape index (κ3) is 2.62. The minimum Gasteiger partial charge on any atom is -0.477 e. The maximum Gasteiger partial charge on any atom is 0.341 e. The number of halogens is 2. The minimum absolute atomic E-state index is 0.0253. The second-order valence-electron chi connectivity index (χ2n) is 7.40. The van der Waals surface area contributed by atoms with E-state index >= 15 is 4.39 Å². The molecule has 2 aliphatic rings. The van der Waals surface area contributed by atoms with Gasteiger partial charge in [0, 0.05) is 30.9 Å². The van der Waals surface area contributed by atoms with Crippen LogP contribution in [0, 0.1) is 11.6 Å². The zero-order valence-corrected chi connectivity index (χ0v) is 14.9. The van der Waals surface area contributed by atoms with Gasteiger partial charge in [-0.25, -0.2) is 13.6 Å². The summed E-state index contributed by atoms with van der Waals surface area (Å²) in [5.74, 6) is -3.07. The molecule has 144 valence electrons. The number of rotatable bonds is 3. The van der Waals surface area contributed by atoms with Crippen LogP contribution in [0.3, 0.4) is 0 Å². The number of benzene rings is 1. The summed E-state index contributed by atoms with van der Waals surface area (Å²) < 4.78 is 31.9. The molecule has 2 fully saturated rings. The maximum absolute atomic E-state index is 15.5. The molecular formula is C19H21F2N3O3. The highest BCUT2D eigenvalue weighted by molar-refractivity contribution is 5.94. The van der Waals surface area contributed by atoms with Crippen molar-refractivity contribution in [2.75, 3.05) is 4.90 Å². The Morgan fingerprint density at radius 1 is 1.30 bits per heavy atom. The van der Waals surface area contributed by atoms with E-state index in [-0.39, 0.29) is 41.3 Å². The first-order valence-corrected chi connectivity index (χ1v) is 9.15. The number of piperidine rings is 1. The monoisotopic (exact) mass is 377 g/mol. The summed E-state index contributed by atoms with van der Waals surface area (Å²) in [5.41, 5.74) is 4.49. The summed E-state index contributed by atoms with van der Waals surface area (Å²) in [6.45, 7) is 1.96. The molecule has 2 unspecified atom stereocenters. The highest BCUT2D eigenvalue weighted by Gasteiger charge is 2.42.